The highest BCUT2D eigenvalue weighted by molar-refractivity contribution is 8.03. The molecule has 3 rings (SSSR count). The van der Waals surface area contributed by atoms with Crippen LogP contribution < -0.4 is 10.6 Å². The molecule has 8 heteroatoms. The van der Waals surface area contributed by atoms with Crippen LogP contribution in [-0.2, 0) is 14.3 Å². The minimum atomic E-state index is -0.702. The number of carbonyl (C=O) groups is 2. The number of carbonyl (C=O) groups excluding carboxylic acids is 2. The second-order valence-electron chi connectivity index (χ2n) is 9.66. The number of nitrogens with zero attached hydrogens (tertiary/aromatic N) is 1. The number of nitriles is 1. The SMILES string of the molecule is CC1=C(C(=O)OC(C)(C)C)[C@@H](c2ccc(Cl)cc2)C(C#N)=C(SCC(=O)Nc2ccc(C)cc2C)N1. The molecule has 1 amide bonds. The van der Waals surface area contributed by atoms with E-state index in [2.05, 4.69) is 16.7 Å². The van der Waals surface area contributed by atoms with Crippen molar-refractivity contribution in [3.8, 4) is 6.07 Å². The predicted molar refractivity (Wildman–Crippen MR) is 146 cm³/mol. The summed E-state index contributed by atoms with van der Waals surface area (Å²) in [6, 6.07) is 15.1. The first-order valence-electron chi connectivity index (χ1n) is 11.5. The van der Waals surface area contributed by atoms with Crippen LogP contribution in [0.5, 0.6) is 0 Å². The fraction of sp³-hybridized carbons (Fsp3) is 0.321. The van der Waals surface area contributed by atoms with Crippen LogP contribution in [0.15, 0.2) is 64.3 Å². The zero-order valence-electron chi connectivity index (χ0n) is 21.3. The Balaban J connectivity index is 1.92. The first kappa shape index (κ1) is 27.4. The molecule has 1 heterocycles. The molecule has 2 aromatic rings. The van der Waals surface area contributed by atoms with Gasteiger partial charge in [-0.1, -0.05) is 53.2 Å². The fourth-order valence-corrected chi connectivity index (χ4v) is 4.91. The van der Waals surface area contributed by atoms with Gasteiger partial charge in [-0.2, -0.15) is 5.26 Å². The number of esters is 1. The van der Waals surface area contributed by atoms with Crippen molar-refractivity contribution in [1.29, 1.82) is 5.26 Å². The van der Waals surface area contributed by atoms with Crippen LogP contribution in [0.3, 0.4) is 0 Å². The molecule has 2 aromatic carbocycles. The third kappa shape index (κ3) is 6.71. The Hall–Kier alpha value is -3.21. The highest BCUT2D eigenvalue weighted by Gasteiger charge is 2.37. The van der Waals surface area contributed by atoms with Crippen molar-refractivity contribution in [3.05, 3.63) is 86.0 Å². The summed E-state index contributed by atoms with van der Waals surface area (Å²) in [6.07, 6.45) is 0. The molecule has 1 atom stereocenters. The summed E-state index contributed by atoms with van der Waals surface area (Å²) in [5.74, 6) is -1.27. The van der Waals surface area contributed by atoms with E-state index in [1.165, 1.54) is 11.8 Å². The summed E-state index contributed by atoms with van der Waals surface area (Å²) in [7, 11) is 0. The van der Waals surface area contributed by atoms with Gasteiger partial charge in [0, 0.05) is 16.4 Å². The van der Waals surface area contributed by atoms with E-state index in [0.29, 0.717) is 26.9 Å². The standard InChI is InChI=1S/C28H30ClN3O3S/c1-16-7-12-22(17(2)13-16)32-23(33)15-36-26-21(14-30)25(19-8-10-20(29)11-9-19)24(18(3)31-26)27(34)35-28(4,5)6/h7-13,25,31H,15H2,1-6H3,(H,32,33)/t25-/m0/s1. The van der Waals surface area contributed by atoms with Crippen molar-refractivity contribution in [2.24, 2.45) is 0 Å². The zero-order chi connectivity index (χ0) is 26.6. The van der Waals surface area contributed by atoms with E-state index >= 15 is 0 Å². The Morgan fingerprint density at radius 3 is 2.39 bits per heavy atom. The molecule has 0 fully saturated rings. The van der Waals surface area contributed by atoms with Crippen molar-refractivity contribution in [2.45, 2.75) is 53.1 Å². The monoisotopic (exact) mass is 523 g/mol. The lowest BCUT2D eigenvalue weighted by molar-refractivity contribution is -0.150. The largest absolute Gasteiger partial charge is 0.457 e. The summed E-state index contributed by atoms with van der Waals surface area (Å²) in [6.45, 7) is 11.1. The smallest absolute Gasteiger partial charge is 0.337 e. The van der Waals surface area contributed by atoms with Gasteiger partial charge in [0.25, 0.3) is 0 Å². The average molecular weight is 524 g/mol. The van der Waals surface area contributed by atoms with Crippen LogP contribution in [0.1, 0.15) is 50.3 Å². The first-order chi connectivity index (χ1) is 16.9. The summed E-state index contributed by atoms with van der Waals surface area (Å²) in [5.41, 5.74) is 4.14. The van der Waals surface area contributed by atoms with Crippen LogP contribution in [0.4, 0.5) is 5.69 Å². The average Bonchev–Trinajstić information content (AvgIpc) is 2.78. The zero-order valence-corrected chi connectivity index (χ0v) is 22.9. The number of aryl methyl sites for hydroxylation is 2. The highest BCUT2D eigenvalue weighted by atomic mass is 35.5. The van der Waals surface area contributed by atoms with Gasteiger partial charge in [0.2, 0.25) is 5.91 Å². The number of allylic oxidation sites excluding steroid dienone is 2. The van der Waals surface area contributed by atoms with E-state index in [0.717, 1.165) is 22.4 Å². The Morgan fingerprint density at radius 1 is 1.14 bits per heavy atom. The third-order valence-electron chi connectivity index (χ3n) is 5.47. The molecule has 0 unspecified atom stereocenters. The molecule has 0 aromatic heterocycles. The second-order valence-corrected chi connectivity index (χ2v) is 11.1. The number of anilines is 1. The van der Waals surface area contributed by atoms with Crippen LogP contribution in [0, 0.1) is 25.2 Å². The Labute approximate surface area is 221 Å². The molecule has 2 N–H and O–H groups in total. The van der Waals surface area contributed by atoms with Gasteiger partial charge in [-0.3, -0.25) is 4.79 Å². The maximum atomic E-state index is 13.2. The van der Waals surface area contributed by atoms with Gasteiger partial charge in [-0.15, -0.1) is 0 Å². The van der Waals surface area contributed by atoms with Crippen molar-refractivity contribution in [3.63, 3.8) is 0 Å². The maximum Gasteiger partial charge on any atom is 0.337 e. The normalized spacial score (nSPS) is 15.8. The number of benzene rings is 2. The number of nitrogens with one attached hydrogen (secondary N) is 2. The number of halogens is 1. The number of hydrogen-bond acceptors (Lipinski definition) is 6. The predicted octanol–water partition coefficient (Wildman–Crippen LogP) is 6.37. The molecule has 36 heavy (non-hydrogen) atoms. The third-order valence-corrected chi connectivity index (χ3v) is 6.74. The lowest BCUT2D eigenvalue weighted by Crippen LogP contribution is -2.32. The van der Waals surface area contributed by atoms with Gasteiger partial charge in [0.1, 0.15) is 5.60 Å². The van der Waals surface area contributed by atoms with E-state index in [-0.39, 0.29) is 11.7 Å². The van der Waals surface area contributed by atoms with Crippen molar-refractivity contribution in [1.82, 2.24) is 5.32 Å². The topological polar surface area (TPSA) is 91.2 Å². The molecule has 0 saturated carbocycles. The van der Waals surface area contributed by atoms with Gasteiger partial charge in [0.15, 0.2) is 0 Å². The van der Waals surface area contributed by atoms with Crippen molar-refractivity contribution < 1.29 is 14.3 Å². The molecule has 0 saturated heterocycles. The number of thioether (sulfide) groups is 1. The van der Waals surface area contributed by atoms with E-state index in [1.54, 1.807) is 52.0 Å². The number of hydrogen-bond donors (Lipinski definition) is 2. The minimum Gasteiger partial charge on any atom is -0.457 e. The molecule has 0 spiro atoms. The lowest BCUT2D eigenvalue weighted by Gasteiger charge is -2.31. The minimum absolute atomic E-state index is 0.0865. The van der Waals surface area contributed by atoms with Crippen LogP contribution in [0.2, 0.25) is 5.02 Å². The Morgan fingerprint density at radius 2 is 1.81 bits per heavy atom. The maximum absolute atomic E-state index is 13.2. The molecular formula is C28H30ClN3O3S. The molecule has 0 aliphatic carbocycles. The van der Waals surface area contributed by atoms with Gasteiger partial charge in [-0.05, 0) is 70.9 Å². The van der Waals surface area contributed by atoms with E-state index in [4.69, 9.17) is 16.3 Å². The quantitative estimate of drug-likeness (QED) is 0.428. The van der Waals surface area contributed by atoms with E-state index in [1.807, 2.05) is 32.0 Å². The second kappa shape index (κ2) is 11.2. The van der Waals surface area contributed by atoms with Gasteiger partial charge < -0.3 is 15.4 Å². The molecule has 1 aliphatic rings. The van der Waals surface area contributed by atoms with E-state index < -0.39 is 17.5 Å². The summed E-state index contributed by atoms with van der Waals surface area (Å²) in [4.78, 5) is 25.9. The lowest BCUT2D eigenvalue weighted by atomic mass is 9.82. The van der Waals surface area contributed by atoms with Gasteiger partial charge >= 0.3 is 5.97 Å². The number of amides is 1. The van der Waals surface area contributed by atoms with Gasteiger partial charge in [0.05, 0.1) is 33.9 Å². The van der Waals surface area contributed by atoms with Crippen LogP contribution in [0.25, 0.3) is 0 Å². The molecule has 1 aliphatic heterocycles. The van der Waals surface area contributed by atoms with E-state index in [9.17, 15) is 14.9 Å². The Bertz CT molecular complexity index is 1280. The molecular weight excluding hydrogens is 494 g/mol. The molecule has 188 valence electrons. The molecule has 0 bridgehead atoms. The summed E-state index contributed by atoms with van der Waals surface area (Å²) < 4.78 is 5.67. The highest BCUT2D eigenvalue weighted by Crippen LogP contribution is 2.41. The van der Waals surface area contributed by atoms with Gasteiger partial charge in [-0.25, -0.2) is 4.79 Å². The van der Waals surface area contributed by atoms with Crippen LogP contribution in [-0.4, -0.2) is 23.2 Å². The number of rotatable bonds is 6. The fourth-order valence-electron chi connectivity index (χ4n) is 3.90. The number of dihydropyridines is 1. The summed E-state index contributed by atoms with van der Waals surface area (Å²) >= 11 is 7.31. The molecule has 6 nitrogen and oxygen atoms in total. The Kier molecular flexibility index (Phi) is 8.55. The summed E-state index contributed by atoms with van der Waals surface area (Å²) in [5, 5.41) is 17.3. The van der Waals surface area contributed by atoms with Crippen molar-refractivity contribution in [2.75, 3.05) is 11.1 Å². The van der Waals surface area contributed by atoms with Crippen molar-refractivity contribution >= 4 is 40.9 Å². The molecule has 0 radical (unpaired) electrons. The number of ether oxygens (including phenoxy) is 1. The first-order valence-corrected chi connectivity index (χ1v) is 12.9. The van der Waals surface area contributed by atoms with Crippen LogP contribution >= 0.6 is 23.4 Å².